The average molecular weight is 524 g/mol. The van der Waals surface area contributed by atoms with Crippen LogP contribution in [0, 0.1) is 5.41 Å². The van der Waals surface area contributed by atoms with Gasteiger partial charge in [0.05, 0.1) is 5.69 Å². The van der Waals surface area contributed by atoms with Crippen molar-refractivity contribution in [3.05, 3.63) is 41.2 Å². The molecule has 3 heterocycles. The predicted octanol–water partition coefficient (Wildman–Crippen LogP) is 1.66. The molecule has 2 N–H and O–H groups in total. The summed E-state index contributed by atoms with van der Waals surface area (Å²) in [6, 6.07) is 6.82. The summed E-state index contributed by atoms with van der Waals surface area (Å²) in [5.41, 5.74) is 2.20. The Morgan fingerprint density at radius 1 is 0.921 bits per heavy atom. The number of amides is 3. The van der Waals surface area contributed by atoms with E-state index in [2.05, 4.69) is 32.0 Å². The molecule has 1 fully saturated rings. The quantitative estimate of drug-likeness (QED) is 0.618. The number of rotatable bonds is 5. The lowest BCUT2D eigenvalue weighted by Gasteiger charge is -2.32. The van der Waals surface area contributed by atoms with Crippen LogP contribution in [0.4, 0.5) is 0 Å². The van der Waals surface area contributed by atoms with Crippen LogP contribution in [0.2, 0.25) is 0 Å². The number of hydrogen-bond donors (Lipinski definition) is 2. The van der Waals surface area contributed by atoms with E-state index in [4.69, 9.17) is 4.98 Å². The van der Waals surface area contributed by atoms with Gasteiger partial charge in [0.1, 0.15) is 11.9 Å². The Bertz CT molecular complexity index is 1170. The van der Waals surface area contributed by atoms with E-state index >= 15 is 0 Å². The minimum absolute atomic E-state index is 0.0377. The Balaban J connectivity index is 1.65. The molecule has 38 heavy (non-hydrogen) atoms. The number of likely N-dealkylation sites (N-methyl/N-ethyl adjacent to an activating group) is 2. The smallest absolute Gasteiger partial charge is 0.272 e. The second-order valence-electron chi connectivity index (χ2n) is 11.5. The van der Waals surface area contributed by atoms with Crippen LogP contribution in [0.5, 0.6) is 0 Å². The minimum atomic E-state index is -0.704. The Morgan fingerprint density at radius 3 is 2.18 bits per heavy atom. The van der Waals surface area contributed by atoms with Crippen molar-refractivity contribution in [2.45, 2.75) is 46.3 Å². The predicted molar refractivity (Wildman–Crippen MR) is 147 cm³/mol. The number of piperazine rings is 1. The summed E-state index contributed by atoms with van der Waals surface area (Å²) < 4.78 is 2.11. The monoisotopic (exact) mass is 523 g/mol. The molecule has 0 radical (unpaired) electrons. The van der Waals surface area contributed by atoms with Crippen molar-refractivity contribution in [3.63, 3.8) is 0 Å². The summed E-state index contributed by atoms with van der Waals surface area (Å²) in [5.74, 6) is 0.136. The highest BCUT2D eigenvalue weighted by atomic mass is 16.2. The fourth-order valence-corrected chi connectivity index (χ4v) is 5.10. The largest absolute Gasteiger partial charge is 0.357 e. The van der Waals surface area contributed by atoms with E-state index in [1.165, 1.54) is 0 Å². The number of fused-ring (bicyclic) bond motifs is 1. The Hall–Kier alpha value is -3.24. The lowest BCUT2D eigenvalue weighted by atomic mass is 9.86. The third-order valence-electron chi connectivity index (χ3n) is 7.46. The summed E-state index contributed by atoms with van der Waals surface area (Å²) in [7, 11) is 5.67. The molecule has 1 aromatic carbocycles. The number of aromatic nitrogens is 2. The molecule has 0 aliphatic carbocycles. The first-order valence-corrected chi connectivity index (χ1v) is 13.4. The molecule has 0 spiro atoms. The van der Waals surface area contributed by atoms with Crippen LogP contribution in [0.1, 0.15) is 53.7 Å². The fraction of sp³-hybridized carbons (Fsp3) is 0.571. The third-order valence-corrected chi connectivity index (χ3v) is 7.46. The maximum absolute atomic E-state index is 13.6. The van der Waals surface area contributed by atoms with E-state index in [1.54, 1.807) is 7.05 Å². The van der Waals surface area contributed by atoms with Crippen LogP contribution in [-0.2, 0) is 17.9 Å². The Labute approximate surface area is 225 Å². The van der Waals surface area contributed by atoms with Crippen LogP contribution in [0.25, 0.3) is 11.4 Å². The summed E-state index contributed by atoms with van der Waals surface area (Å²) in [6.45, 7) is 11.2. The second kappa shape index (κ2) is 11.2. The van der Waals surface area contributed by atoms with Crippen LogP contribution < -0.4 is 10.6 Å². The molecule has 2 aliphatic rings. The fourth-order valence-electron chi connectivity index (χ4n) is 5.10. The zero-order valence-corrected chi connectivity index (χ0v) is 23.5. The first kappa shape index (κ1) is 27.8. The van der Waals surface area contributed by atoms with E-state index in [1.807, 2.05) is 57.0 Å². The molecule has 3 amide bonds. The Morgan fingerprint density at radius 2 is 1.58 bits per heavy atom. The first-order chi connectivity index (χ1) is 18.0. The number of carbonyl (C=O) groups is 3. The molecule has 0 bridgehead atoms. The normalized spacial score (nSPS) is 17.9. The number of imidazole rings is 1. The van der Waals surface area contributed by atoms with Gasteiger partial charge in [0.2, 0.25) is 5.91 Å². The van der Waals surface area contributed by atoms with Gasteiger partial charge in [-0.25, -0.2) is 4.98 Å². The molecule has 1 saturated heterocycles. The molecule has 206 valence electrons. The number of nitrogens with one attached hydrogen (secondary N) is 2. The van der Waals surface area contributed by atoms with Crippen molar-refractivity contribution in [2.24, 2.45) is 5.41 Å². The standard InChI is InChI=1S/C28H41N7O3/c1-28(2,3)23(26(37)29-4)31-25(36)22-21-18-33(6)12-7-13-35(21)24(30-22)19-8-10-20(11-9-19)27(38)34-16-14-32(5)15-17-34/h8-11,23H,7,12-18H2,1-6H3,(H,29,37)(H,31,36)/t23-/m1/s1. The van der Waals surface area contributed by atoms with E-state index in [-0.39, 0.29) is 17.7 Å². The zero-order chi connectivity index (χ0) is 27.6. The van der Waals surface area contributed by atoms with Gasteiger partial charge in [-0.2, -0.15) is 0 Å². The summed E-state index contributed by atoms with van der Waals surface area (Å²) in [4.78, 5) is 50.3. The van der Waals surface area contributed by atoms with Crippen LogP contribution in [-0.4, -0.2) is 102 Å². The summed E-state index contributed by atoms with van der Waals surface area (Å²) in [6.07, 6.45) is 0.927. The van der Waals surface area contributed by atoms with Gasteiger partial charge >= 0.3 is 0 Å². The van der Waals surface area contributed by atoms with Crippen molar-refractivity contribution in [1.82, 2.24) is 34.9 Å². The first-order valence-electron chi connectivity index (χ1n) is 13.4. The van der Waals surface area contributed by atoms with Gasteiger partial charge in [-0.05, 0) is 44.6 Å². The second-order valence-corrected chi connectivity index (χ2v) is 11.5. The third kappa shape index (κ3) is 5.91. The lowest BCUT2D eigenvalue weighted by Crippen LogP contribution is -2.53. The van der Waals surface area contributed by atoms with Gasteiger partial charge in [0.25, 0.3) is 11.8 Å². The van der Waals surface area contributed by atoms with E-state index < -0.39 is 11.5 Å². The van der Waals surface area contributed by atoms with Gasteiger partial charge in [0.15, 0.2) is 5.69 Å². The Kier molecular flexibility index (Phi) is 8.22. The summed E-state index contributed by atoms with van der Waals surface area (Å²) >= 11 is 0. The van der Waals surface area contributed by atoms with Gasteiger partial charge < -0.3 is 29.9 Å². The molecular weight excluding hydrogens is 482 g/mol. The maximum atomic E-state index is 13.6. The number of nitrogens with zero attached hydrogens (tertiary/aromatic N) is 5. The van der Waals surface area contributed by atoms with Gasteiger partial charge in [-0.15, -0.1) is 0 Å². The van der Waals surface area contributed by atoms with Gasteiger partial charge in [-0.1, -0.05) is 32.9 Å². The molecule has 10 nitrogen and oxygen atoms in total. The van der Waals surface area contributed by atoms with Crippen LogP contribution in [0.3, 0.4) is 0 Å². The molecular formula is C28H41N7O3. The SMILES string of the molecule is CNC(=O)[C@@H](NC(=O)c1nc(-c2ccc(C(=O)N3CCN(C)CC3)cc2)n2c1CN(C)CCC2)C(C)(C)C. The molecule has 2 aliphatic heterocycles. The van der Waals surface area contributed by atoms with E-state index in [9.17, 15) is 14.4 Å². The zero-order valence-electron chi connectivity index (χ0n) is 23.5. The maximum Gasteiger partial charge on any atom is 0.272 e. The molecule has 1 atom stereocenters. The van der Waals surface area contributed by atoms with Crippen molar-refractivity contribution in [3.8, 4) is 11.4 Å². The highest BCUT2D eigenvalue weighted by Crippen LogP contribution is 2.28. The van der Waals surface area contributed by atoms with Gasteiger partial charge in [0, 0.05) is 57.4 Å². The highest BCUT2D eigenvalue weighted by molar-refractivity contribution is 5.98. The molecule has 4 rings (SSSR count). The van der Waals surface area contributed by atoms with E-state index in [0.717, 1.165) is 56.9 Å². The van der Waals surface area contributed by atoms with Crippen molar-refractivity contribution in [2.75, 3.05) is 53.9 Å². The molecule has 1 aromatic heterocycles. The number of hydrogen-bond acceptors (Lipinski definition) is 6. The lowest BCUT2D eigenvalue weighted by molar-refractivity contribution is -0.124. The molecule has 0 unspecified atom stereocenters. The highest BCUT2D eigenvalue weighted by Gasteiger charge is 2.34. The molecule has 0 saturated carbocycles. The average Bonchev–Trinajstić information content (AvgIpc) is 3.12. The van der Waals surface area contributed by atoms with Crippen molar-refractivity contribution < 1.29 is 14.4 Å². The van der Waals surface area contributed by atoms with Gasteiger partial charge in [-0.3, -0.25) is 14.4 Å². The van der Waals surface area contributed by atoms with Crippen LogP contribution in [0.15, 0.2) is 24.3 Å². The van der Waals surface area contributed by atoms with Crippen molar-refractivity contribution in [1.29, 1.82) is 0 Å². The molecule has 2 aromatic rings. The molecule has 10 heteroatoms. The van der Waals surface area contributed by atoms with Crippen LogP contribution >= 0.6 is 0 Å². The summed E-state index contributed by atoms with van der Waals surface area (Å²) in [5, 5.41) is 5.60. The topological polar surface area (TPSA) is 103 Å². The van der Waals surface area contributed by atoms with Crippen molar-refractivity contribution >= 4 is 17.7 Å². The number of benzene rings is 1. The number of carbonyl (C=O) groups excluding carboxylic acids is 3. The van der Waals surface area contributed by atoms with E-state index in [0.29, 0.717) is 23.6 Å². The minimum Gasteiger partial charge on any atom is -0.357 e.